The lowest BCUT2D eigenvalue weighted by Crippen LogP contribution is -1.85. The van der Waals surface area contributed by atoms with E-state index < -0.39 is 0 Å². The molecule has 2 rings (SSSR count). The van der Waals surface area contributed by atoms with E-state index in [1.54, 1.807) is 11.3 Å². The van der Waals surface area contributed by atoms with Crippen LogP contribution in [0.3, 0.4) is 0 Å². The third-order valence-corrected chi connectivity index (χ3v) is 3.67. The molecular weight excluding hydrogens is 227 g/mol. The summed E-state index contributed by atoms with van der Waals surface area (Å²) in [6.07, 6.45) is 0. The molecule has 0 aliphatic carbocycles. The molecule has 0 radical (unpaired) electrons. The molecule has 1 nitrogen and oxygen atoms in total. The van der Waals surface area contributed by atoms with E-state index in [9.17, 15) is 0 Å². The summed E-state index contributed by atoms with van der Waals surface area (Å²) in [6, 6.07) is 3.80. The molecule has 0 aliphatic rings. The van der Waals surface area contributed by atoms with Gasteiger partial charge in [0.1, 0.15) is 0 Å². The Kier molecular flexibility index (Phi) is 2.47. The third-order valence-electron chi connectivity index (χ3n) is 1.88. The summed E-state index contributed by atoms with van der Waals surface area (Å²) < 4.78 is 1.05. The molecule has 1 heterocycles. The quantitative estimate of drug-likeness (QED) is 0.796. The maximum Gasteiger partial charge on any atom is 0.0697 e. The van der Waals surface area contributed by atoms with Crippen LogP contribution in [0.2, 0.25) is 10.0 Å². The molecule has 0 aliphatic heterocycles. The molecule has 1 N–H and O–H groups in total. The molecule has 4 heteroatoms. The lowest BCUT2D eigenvalue weighted by Gasteiger charge is -2.03. The van der Waals surface area contributed by atoms with Crippen LogP contribution in [-0.2, 0) is 6.61 Å². The Bertz CT molecular complexity index is 450. The first kappa shape index (κ1) is 9.28. The van der Waals surface area contributed by atoms with Gasteiger partial charge in [-0.2, -0.15) is 0 Å². The van der Waals surface area contributed by atoms with Gasteiger partial charge in [0.05, 0.1) is 16.7 Å². The van der Waals surface area contributed by atoms with E-state index in [1.165, 1.54) is 0 Å². The number of fused-ring (bicyclic) bond motifs is 1. The van der Waals surface area contributed by atoms with Crippen molar-refractivity contribution in [2.75, 3.05) is 0 Å². The maximum atomic E-state index is 9.00. The zero-order chi connectivity index (χ0) is 9.42. The Morgan fingerprint density at radius 2 is 2.08 bits per heavy atom. The predicted molar refractivity (Wildman–Crippen MR) is 57.8 cm³/mol. The van der Waals surface area contributed by atoms with Gasteiger partial charge in [-0.3, -0.25) is 0 Å². The summed E-state index contributed by atoms with van der Waals surface area (Å²) in [5.74, 6) is 0. The second-order valence-electron chi connectivity index (χ2n) is 2.65. The predicted octanol–water partition coefficient (Wildman–Crippen LogP) is 3.70. The van der Waals surface area contributed by atoms with E-state index in [2.05, 4.69) is 0 Å². The van der Waals surface area contributed by atoms with Gasteiger partial charge >= 0.3 is 0 Å². The Morgan fingerprint density at radius 1 is 1.31 bits per heavy atom. The van der Waals surface area contributed by atoms with Crippen LogP contribution in [0, 0.1) is 0 Å². The minimum absolute atomic E-state index is 0.0770. The molecular formula is C9H6Cl2OS. The number of halogens is 2. The lowest BCUT2D eigenvalue weighted by molar-refractivity contribution is 0.282. The van der Waals surface area contributed by atoms with E-state index in [1.807, 2.05) is 17.5 Å². The Balaban J connectivity index is 2.83. The highest BCUT2D eigenvalue weighted by Gasteiger charge is 2.09. The molecule has 1 aromatic heterocycles. The Hall–Kier alpha value is -0.280. The lowest BCUT2D eigenvalue weighted by atomic mass is 10.2. The topological polar surface area (TPSA) is 20.2 Å². The van der Waals surface area contributed by atoms with Crippen molar-refractivity contribution in [3.63, 3.8) is 0 Å². The van der Waals surface area contributed by atoms with Crippen LogP contribution in [0.25, 0.3) is 10.1 Å². The van der Waals surface area contributed by atoms with Crippen LogP contribution in [0.5, 0.6) is 0 Å². The van der Waals surface area contributed by atoms with Gasteiger partial charge in [0.25, 0.3) is 0 Å². The summed E-state index contributed by atoms with van der Waals surface area (Å²) in [6.45, 7) is -0.0770. The first-order chi connectivity index (χ1) is 6.24. The van der Waals surface area contributed by atoms with Crippen LogP contribution in [0.4, 0.5) is 0 Å². The van der Waals surface area contributed by atoms with Gasteiger partial charge in [0, 0.05) is 10.1 Å². The Labute approximate surface area is 89.5 Å². The molecule has 0 amide bonds. The first-order valence-corrected chi connectivity index (χ1v) is 5.32. The van der Waals surface area contributed by atoms with Gasteiger partial charge in [-0.05, 0) is 23.1 Å². The molecule has 13 heavy (non-hydrogen) atoms. The van der Waals surface area contributed by atoms with Crippen molar-refractivity contribution in [2.45, 2.75) is 6.61 Å². The summed E-state index contributed by atoms with van der Waals surface area (Å²) in [7, 11) is 0. The zero-order valence-electron chi connectivity index (χ0n) is 6.55. The van der Waals surface area contributed by atoms with Crippen molar-refractivity contribution in [1.82, 2.24) is 0 Å². The number of hydrogen-bond acceptors (Lipinski definition) is 2. The van der Waals surface area contributed by atoms with Gasteiger partial charge in [0.2, 0.25) is 0 Å². The van der Waals surface area contributed by atoms with E-state index in [0.29, 0.717) is 15.6 Å². The van der Waals surface area contributed by atoms with Crippen LogP contribution in [-0.4, -0.2) is 5.11 Å². The van der Waals surface area contributed by atoms with Gasteiger partial charge in [0.15, 0.2) is 0 Å². The molecule has 2 aromatic rings. The second-order valence-corrected chi connectivity index (χ2v) is 4.36. The number of thiophene rings is 1. The smallest absolute Gasteiger partial charge is 0.0697 e. The van der Waals surface area contributed by atoms with Crippen LogP contribution < -0.4 is 0 Å². The molecule has 0 saturated heterocycles. The number of aliphatic hydroxyl groups is 1. The number of benzene rings is 1. The fraction of sp³-hybridized carbons (Fsp3) is 0.111. The molecule has 1 aromatic carbocycles. The van der Waals surface area contributed by atoms with Crippen LogP contribution >= 0.6 is 34.5 Å². The van der Waals surface area contributed by atoms with Crippen LogP contribution in [0.1, 0.15) is 5.56 Å². The summed E-state index contributed by atoms with van der Waals surface area (Å²) in [4.78, 5) is 0. The normalized spacial score (nSPS) is 11.0. The second kappa shape index (κ2) is 3.46. The fourth-order valence-electron chi connectivity index (χ4n) is 1.21. The van der Waals surface area contributed by atoms with Crippen molar-refractivity contribution in [3.8, 4) is 0 Å². The molecule has 0 bridgehead atoms. The molecule has 0 atom stereocenters. The zero-order valence-corrected chi connectivity index (χ0v) is 8.88. The van der Waals surface area contributed by atoms with Crippen molar-refractivity contribution in [2.24, 2.45) is 0 Å². The molecule has 0 saturated carbocycles. The monoisotopic (exact) mass is 232 g/mol. The van der Waals surface area contributed by atoms with Gasteiger partial charge in [-0.15, -0.1) is 11.3 Å². The standard InChI is InChI=1S/C9H6Cl2OS/c10-8-5(4-12)3-7-6(9(8)11)1-2-13-7/h1-3,12H,4H2. The number of rotatable bonds is 1. The van der Waals surface area contributed by atoms with Crippen molar-refractivity contribution in [3.05, 3.63) is 33.1 Å². The van der Waals surface area contributed by atoms with Crippen LogP contribution in [0.15, 0.2) is 17.5 Å². The molecule has 0 spiro atoms. The highest BCUT2D eigenvalue weighted by Crippen LogP contribution is 2.36. The van der Waals surface area contributed by atoms with E-state index in [-0.39, 0.29) is 6.61 Å². The highest BCUT2D eigenvalue weighted by atomic mass is 35.5. The van der Waals surface area contributed by atoms with Crippen molar-refractivity contribution in [1.29, 1.82) is 0 Å². The van der Waals surface area contributed by atoms with E-state index in [4.69, 9.17) is 28.3 Å². The van der Waals surface area contributed by atoms with E-state index in [0.717, 1.165) is 10.1 Å². The first-order valence-electron chi connectivity index (χ1n) is 3.69. The largest absolute Gasteiger partial charge is 0.392 e. The van der Waals surface area contributed by atoms with Gasteiger partial charge in [-0.25, -0.2) is 0 Å². The number of aliphatic hydroxyl groups excluding tert-OH is 1. The average Bonchev–Trinajstić information content (AvgIpc) is 2.59. The summed E-state index contributed by atoms with van der Waals surface area (Å²) >= 11 is 13.5. The minimum atomic E-state index is -0.0770. The van der Waals surface area contributed by atoms with Crippen molar-refractivity contribution >= 4 is 44.6 Å². The minimum Gasteiger partial charge on any atom is -0.392 e. The maximum absolute atomic E-state index is 9.00. The summed E-state index contributed by atoms with van der Waals surface area (Å²) in [5.41, 5.74) is 0.682. The van der Waals surface area contributed by atoms with Gasteiger partial charge in [-0.1, -0.05) is 23.2 Å². The molecule has 68 valence electrons. The molecule has 0 unspecified atom stereocenters. The fourth-order valence-corrected chi connectivity index (χ4v) is 2.63. The van der Waals surface area contributed by atoms with Crippen molar-refractivity contribution < 1.29 is 5.11 Å². The highest BCUT2D eigenvalue weighted by molar-refractivity contribution is 7.17. The summed E-state index contributed by atoms with van der Waals surface area (Å²) in [5, 5.41) is 12.9. The average molecular weight is 233 g/mol. The third kappa shape index (κ3) is 1.44. The van der Waals surface area contributed by atoms with Gasteiger partial charge < -0.3 is 5.11 Å². The number of hydrogen-bond donors (Lipinski definition) is 1. The molecule has 0 fully saturated rings. The SMILES string of the molecule is OCc1cc2sccc2c(Cl)c1Cl. The Morgan fingerprint density at radius 3 is 2.77 bits per heavy atom. The van der Waals surface area contributed by atoms with E-state index >= 15 is 0 Å².